The number of rotatable bonds is 6. The number of thiophene rings is 1. The molecular formula is C21H21N5O4S. The highest BCUT2D eigenvalue weighted by Gasteiger charge is 2.43. The molecule has 0 unspecified atom stereocenters. The number of nitrogens with zero attached hydrogens (tertiary/aromatic N) is 3. The van der Waals surface area contributed by atoms with Crippen molar-refractivity contribution in [1.29, 1.82) is 0 Å². The van der Waals surface area contributed by atoms with Crippen LogP contribution in [0.15, 0.2) is 46.8 Å². The van der Waals surface area contributed by atoms with Crippen LogP contribution in [0, 0.1) is 0 Å². The first-order chi connectivity index (χ1) is 14.8. The number of hydrogen-bond acceptors (Lipinski definition) is 6. The van der Waals surface area contributed by atoms with Gasteiger partial charge in [0.05, 0.1) is 5.39 Å². The van der Waals surface area contributed by atoms with Crippen molar-refractivity contribution in [3.63, 3.8) is 0 Å². The normalized spacial score (nSPS) is 15.4. The summed E-state index contributed by atoms with van der Waals surface area (Å²) < 4.78 is 1.07. The van der Waals surface area contributed by atoms with Gasteiger partial charge in [0.1, 0.15) is 16.7 Å². The van der Waals surface area contributed by atoms with Crippen molar-refractivity contribution < 1.29 is 14.4 Å². The molecule has 1 aliphatic rings. The Labute approximate surface area is 181 Å². The zero-order valence-electron chi connectivity index (χ0n) is 17.0. The molecule has 0 atom stereocenters. The third-order valence-electron chi connectivity index (χ3n) is 5.05. The maximum absolute atomic E-state index is 13.0. The van der Waals surface area contributed by atoms with Crippen LogP contribution in [-0.2, 0) is 9.59 Å². The zero-order chi connectivity index (χ0) is 22.2. The largest absolute Gasteiger partial charge is 0.325 e. The van der Waals surface area contributed by atoms with Gasteiger partial charge in [0, 0.05) is 23.9 Å². The molecule has 2 N–H and O–H groups in total. The van der Waals surface area contributed by atoms with Crippen LogP contribution in [0.5, 0.6) is 0 Å². The van der Waals surface area contributed by atoms with Crippen LogP contribution < -0.4 is 16.3 Å². The van der Waals surface area contributed by atoms with Crippen LogP contribution in [0.2, 0.25) is 0 Å². The van der Waals surface area contributed by atoms with E-state index in [-0.39, 0.29) is 30.9 Å². The van der Waals surface area contributed by atoms with Gasteiger partial charge in [-0.15, -0.1) is 11.3 Å². The number of imide groups is 1. The number of hydrogen-bond donors (Lipinski definition) is 2. The monoisotopic (exact) mass is 439 g/mol. The van der Waals surface area contributed by atoms with Crippen molar-refractivity contribution >= 4 is 39.4 Å². The molecule has 0 aliphatic carbocycles. The molecule has 1 saturated heterocycles. The Morgan fingerprint density at radius 2 is 1.94 bits per heavy atom. The van der Waals surface area contributed by atoms with Crippen LogP contribution in [0.3, 0.4) is 0 Å². The van der Waals surface area contributed by atoms with Gasteiger partial charge in [-0.25, -0.2) is 14.5 Å². The van der Waals surface area contributed by atoms with Gasteiger partial charge >= 0.3 is 6.03 Å². The summed E-state index contributed by atoms with van der Waals surface area (Å²) in [4.78, 5) is 55.4. The molecule has 4 amide bonds. The third-order valence-corrected chi connectivity index (χ3v) is 5.94. The van der Waals surface area contributed by atoms with Gasteiger partial charge < -0.3 is 5.32 Å². The van der Waals surface area contributed by atoms with Crippen molar-refractivity contribution in [2.45, 2.75) is 32.2 Å². The van der Waals surface area contributed by atoms with Gasteiger partial charge in [-0.05, 0) is 25.8 Å². The lowest BCUT2D eigenvalue weighted by atomic mass is 10.1. The second-order valence-corrected chi connectivity index (χ2v) is 8.62. The molecule has 9 nitrogen and oxygen atoms in total. The van der Waals surface area contributed by atoms with Crippen molar-refractivity contribution in [2.24, 2.45) is 0 Å². The van der Waals surface area contributed by atoms with Crippen LogP contribution in [-0.4, -0.2) is 44.5 Å². The molecule has 0 saturated carbocycles. The summed E-state index contributed by atoms with van der Waals surface area (Å²) in [6.07, 6.45) is 1.60. The van der Waals surface area contributed by atoms with Gasteiger partial charge in [-0.3, -0.25) is 24.7 Å². The quantitative estimate of drug-likeness (QED) is 0.572. The van der Waals surface area contributed by atoms with E-state index < -0.39 is 17.5 Å². The Morgan fingerprint density at radius 1 is 1.19 bits per heavy atom. The summed E-state index contributed by atoms with van der Waals surface area (Å²) in [6, 6.07) is 9.04. The van der Waals surface area contributed by atoms with E-state index in [0.717, 1.165) is 20.7 Å². The molecule has 0 bridgehead atoms. The minimum absolute atomic E-state index is 0.0388. The molecule has 10 heteroatoms. The van der Waals surface area contributed by atoms with E-state index in [1.165, 1.54) is 17.7 Å². The minimum Gasteiger partial charge on any atom is -0.324 e. The fourth-order valence-electron chi connectivity index (χ4n) is 3.45. The van der Waals surface area contributed by atoms with Gasteiger partial charge in [-0.2, -0.15) is 0 Å². The Hall–Kier alpha value is -3.53. The molecule has 3 heterocycles. The van der Waals surface area contributed by atoms with E-state index in [1.807, 2.05) is 35.7 Å². The highest BCUT2D eigenvalue weighted by atomic mass is 32.1. The number of benzene rings is 1. The number of carbonyl (C=O) groups excluding carboxylic acids is 3. The fraction of sp³-hybridized carbons (Fsp3) is 0.286. The zero-order valence-corrected chi connectivity index (χ0v) is 17.9. The van der Waals surface area contributed by atoms with Crippen LogP contribution in [0.25, 0.3) is 21.3 Å². The van der Waals surface area contributed by atoms with E-state index in [0.29, 0.717) is 10.2 Å². The second kappa shape index (κ2) is 7.95. The molecule has 3 aromatic rings. The van der Waals surface area contributed by atoms with E-state index in [2.05, 4.69) is 15.7 Å². The number of aromatic nitrogens is 2. The highest BCUT2D eigenvalue weighted by Crippen LogP contribution is 2.30. The SMILES string of the molecule is CC1(C)NC(=O)N(CCCC(=O)Nn2cnc3scc(-c4ccccc4)c3c2=O)C1=O. The lowest BCUT2D eigenvalue weighted by molar-refractivity contribution is -0.130. The fourth-order valence-corrected chi connectivity index (χ4v) is 4.36. The Bertz CT molecular complexity index is 1230. The molecule has 0 radical (unpaired) electrons. The van der Waals surface area contributed by atoms with E-state index >= 15 is 0 Å². The lowest BCUT2D eigenvalue weighted by Crippen LogP contribution is -2.40. The average molecular weight is 439 g/mol. The standard InChI is InChI=1S/C21H21N5O4S/c1-21(2)19(29)25(20(30)23-21)10-6-9-15(27)24-26-12-22-17-16(18(26)28)14(11-31-17)13-7-4-3-5-8-13/h3-5,7-8,11-12H,6,9-10H2,1-2H3,(H,23,30)(H,24,27). The first-order valence-corrected chi connectivity index (χ1v) is 10.6. The summed E-state index contributed by atoms with van der Waals surface area (Å²) in [6.45, 7) is 3.38. The van der Waals surface area contributed by atoms with Crippen molar-refractivity contribution in [3.8, 4) is 11.1 Å². The molecule has 31 heavy (non-hydrogen) atoms. The van der Waals surface area contributed by atoms with Crippen LogP contribution >= 0.6 is 11.3 Å². The van der Waals surface area contributed by atoms with Crippen molar-refractivity contribution in [3.05, 3.63) is 52.4 Å². The second-order valence-electron chi connectivity index (χ2n) is 7.77. The first kappa shape index (κ1) is 20.7. The van der Waals surface area contributed by atoms with Crippen LogP contribution in [0.4, 0.5) is 4.79 Å². The molecular weight excluding hydrogens is 418 g/mol. The Kier molecular flexibility index (Phi) is 5.32. The highest BCUT2D eigenvalue weighted by molar-refractivity contribution is 7.17. The molecule has 4 rings (SSSR count). The topological polar surface area (TPSA) is 113 Å². The Balaban J connectivity index is 1.45. The summed E-state index contributed by atoms with van der Waals surface area (Å²) in [7, 11) is 0. The molecule has 160 valence electrons. The third kappa shape index (κ3) is 3.93. The summed E-state index contributed by atoms with van der Waals surface area (Å²) >= 11 is 1.37. The van der Waals surface area contributed by atoms with E-state index in [4.69, 9.17) is 0 Å². The maximum atomic E-state index is 13.0. The van der Waals surface area contributed by atoms with Gasteiger partial charge in [0.2, 0.25) is 5.91 Å². The number of fused-ring (bicyclic) bond motifs is 1. The summed E-state index contributed by atoms with van der Waals surface area (Å²) in [5.41, 5.74) is 2.90. The Morgan fingerprint density at radius 3 is 2.61 bits per heavy atom. The summed E-state index contributed by atoms with van der Waals surface area (Å²) in [5, 5.41) is 4.92. The minimum atomic E-state index is -0.940. The average Bonchev–Trinajstić information content (AvgIpc) is 3.25. The number of urea groups is 1. The number of nitrogens with one attached hydrogen (secondary N) is 2. The predicted molar refractivity (Wildman–Crippen MR) is 117 cm³/mol. The van der Waals surface area contributed by atoms with E-state index in [1.54, 1.807) is 13.8 Å². The van der Waals surface area contributed by atoms with Gasteiger partial charge in [-0.1, -0.05) is 30.3 Å². The molecule has 0 spiro atoms. The van der Waals surface area contributed by atoms with Gasteiger partial charge in [0.25, 0.3) is 11.5 Å². The molecule has 2 aromatic heterocycles. The molecule has 1 aromatic carbocycles. The molecule has 1 fully saturated rings. The smallest absolute Gasteiger partial charge is 0.324 e. The number of amides is 4. The predicted octanol–water partition coefficient (Wildman–Crippen LogP) is 2.31. The first-order valence-electron chi connectivity index (χ1n) is 9.76. The maximum Gasteiger partial charge on any atom is 0.325 e. The van der Waals surface area contributed by atoms with Crippen LogP contribution in [0.1, 0.15) is 26.7 Å². The van der Waals surface area contributed by atoms with Gasteiger partial charge in [0.15, 0.2) is 0 Å². The van der Waals surface area contributed by atoms with E-state index in [9.17, 15) is 19.2 Å². The van der Waals surface area contributed by atoms with Crippen molar-refractivity contribution in [2.75, 3.05) is 12.0 Å². The summed E-state index contributed by atoms with van der Waals surface area (Å²) in [5.74, 6) is -0.735. The van der Waals surface area contributed by atoms with Crippen molar-refractivity contribution in [1.82, 2.24) is 19.9 Å². The lowest BCUT2D eigenvalue weighted by Gasteiger charge is -2.15. The molecule has 1 aliphatic heterocycles. The number of carbonyl (C=O) groups is 3.